The van der Waals surface area contributed by atoms with Crippen LogP contribution >= 0.6 is 0 Å². The quantitative estimate of drug-likeness (QED) is 0.323. The molecule has 0 unspecified atom stereocenters. The fourth-order valence-corrected chi connectivity index (χ4v) is 3.35. The third kappa shape index (κ3) is 4.80. The number of benzene rings is 3. The molecule has 0 bridgehead atoms. The van der Waals surface area contributed by atoms with E-state index in [1.54, 1.807) is 79.3 Å². The monoisotopic (exact) mass is 433 g/mol. The molecule has 0 aliphatic rings. The van der Waals surface area contributed by atoms with Gasteiger partial charge in [0.05, 0.1) is 6.89 Å². The van der Waals surface area contributed by atoms with Gasteiger partial charge in [-0.1, -0.05) is 18.2 Å². The van der Waals surface area contributed by atoms with Gasteiger partial charge in [-0.05, 0) is 72.8 Å². The van der Waals surface area contributed by atoms with Gasteiger partial charge in [0.1, 0.15) is 11.5 Å². The summed E-state index contributed by atoms with van der Waals surface area (Å²) in [5.41, 5.74) is 3.70. The topological polar surface area (TPSA) is 76.1 Å². The summed E-state index contributed by atoms with van der Waals surface area (Å²) in [5, 5.41) is 7.11. The zero-order valence-electron chi connectivity index (χ0n) is 18.5. The number of para-hydroxylation sites is 1. The third-order valence-corrected chi connectivity index (χ3v) is 5.01. The van der Waals surface area contributed by atoms with Crippen LogP contribution in [0.3, 0.4) is 0 Å². The van der Waals surface area contributed by atoms with Gasteiger partial charge in [-0.15, -0.1) is 0 Å². The number of amides is 1. The van der Waals surface area contributed by atoms with Gasteiger partial charge in [0, 0.05) is 46.6 Å². The number of fused-ring (bicyclic) bond motifs is 1. The van der Waals surface area contributed by atoms with Crippen molar-refractivity contribution in [3.05, 3.63) is 115 Å². The molecule has 6 heteroatoms. The fraction of sp³-hybridized carbons (Fsp3) is 0. The first-order chi connectivity index (χ1) is 16.6. The van der Waals surface area contributed by atoms with Crippen LogP contribution in [0.25, 0.3) is 10.9 Å². The molecule has 5 rings (SSSR count). The predicted molar refractivity (Wildman–Crippen MR) is 130 cm³/mol. The number of carbonyl (C=O) groups excluding carboxylic acids is 1. The van der Waals surface area contributed by atoms with Crippen molar-refractivity contribution in [3.63, 3.8) is 0 Å². The summed E-state index contributed by atoms with van der Waals surface area (Å²) in [7, 11) is 0. The molecule has 1 amide bonds. The second-order valence-corrected chi connectivity index (χ2v) is 7.27. The first-order valence-corrected chi connectivity index (χ1v) is 10.4. The van der Waals surface area contributed by atoms with Gasteiger partial charge >= 0.3 is 0 Å². The lowest BCUT2D eigenvalue weighted by Crippen LogP contribution is -2.11. The average molecular weight is 433 g/mol. The number of anilines is 3. The van der Waals surface area contributed by atoms with E-state index >= 15 is 0 Å². The van der Waals surface area contributed by atoms with Crippen LogP contribution in [0.4, 0.5) is 17.1 Å². The Morgan fingerprint density at radius 1 is 0.788 bits per heavy atom. The molecule has 5 aromatic rings. The Kier molecular flexibility index (Phi) is 5.30. The standard InChI is InChI=1S/C27H20N4O2/c32-27(31-21-9-11-22(12-10-21)33-23-13-16-28-17-14-23)19-5-7-20(8-6-19)30-26-15-18-29-25-4-2-1-3-24(25)26/h1-18H,(H,29,30)(H,31,32)/i1D. The maximum absolute atomic E-state index is 12.7. The Hall–Kier alpha value is -4.71. The van der Waals surface area contributed by atoms with Crippen molar-refractivity contribution in [3.8, 4) is 11.5 Å². The van der Waals surface area contributed by atoms with Gasteiger partial charge in [0.25, 0.3) is 5.91 Å². The number of aromatic nitrogens is 2. The van der Waals surface area contributed by atoms with Crippen molar-refractivity contribution in [1.82, 2.24) is 9.97 Å². The summed E-state index contributed by atoms with van der Waals surface area (Å²) >= 11 is 0. The van der Waals surface area contributed by atoms with E-state index in [4.69, 9.17) is 6.11 Å². The summed E-state index contributed by atoms with van der Waals surface area (Å²) in [6.07, 6.45) is 5.05. The highest BCUT2D eigenvalue weighted by Gasteiger charge is 2.08. The Bertz CT molecular complexity index is 1440. The normalized spacial score (nSPS) is 11.0. The number of hydrogen-bond acceptors (Lipinski definition) is 5. The molecule has 160 valence electrons. The lowest BCUT2D eigenvalue weighted by atomic mass is 10.1. The van der Waals surface area contributed by atoms with Crippen LogP contribution in [0, 0.1) is 0 Å². The molecule has 0 radical (unpaired) electrons. The van der Waals surface area contributed by atoms with E-state index in [0.29, 0.717) is 28.8 Å². The van der Waals surface area contributed by atoms with Crippen molar-refractivity contribution >= 4 is 33.9 Å². The second-order valence-electron chi connectivity index (χ2n) is 7.27. The number of pyridine rings is 2. The van der Waals surface area contributed by atoms with Gasteiger partial charge in [-0.3, -0.25) is 14.8 Å². The Balaban J connectivity index is 1.24. The Morgan fingerprint density at radius 3 is 2.30 bits per heavy atom. The molecule has 0 atom stereocenters. The zero-order chi connectivity index (χ0) is 23.3. The van der Waals surface area contributed by atoms with E-state index < -0.39 is 0 Å². The Labute approximate surface area is 192 Å². The predicted octanol–water partition coefficient (Wildman–Crippen LogP) is 6.42. The van der Waals surface area contributed by atoms with Crippen LogP contribution < -0.4 is 15.4 Å². The van der Waals surface area contributed by atoms with Crippen molar-refractivity contribution in [2.45, 2.75) is 0 Å². The molecule has 6 nitrogen and oxygen atoms in total. The zero-order valence-corrected chi connectivity index (χ0v) is 17.5. The maximum Gasteiger partial charge on any atom is 0.255 e. The SMILES string of the molecule is [2H]c1ccc2nccc(Nc3ccc(C(=O)Nc4ccc(Oc5ccncc5)cc4)cc3)c2c1. The molecule has 0 fully saturated rings. The lowest BCUT2D eigenvalue weighted by Gasteiger charge is -2.11. The highest BCUT2D eigenvalue weighted by molar-refractivity contribution is 6.04. The van der Waals surface area contributed by atoms with Crippen LogP contribution in [0.15, 0.2) is 110 Å². The summed E-state index contributed by atoms with van der Waals surface area (Å²) in [6, 6.07) is 25.5. The molecule has 0 spiro atoms. The smallest absolute Gasteiger partial charge is 0.255 e. The molecular weight excluding hydrogens is 412 g/mol. The minimum atomic E-state index is -0.206. The van der Waals surface area contributed by atoms with Crippen molar-refractivity contribution in [1.29, 1.82) is 0 Å². The number of rotatable bonds is 6. The van der Waals surface area contributed by atoms with Crippen molar-refractivity contribution in [2.24, 2.45) is 0 Å². The van der Waals surface area contributed by atoms with Crippen molar-refractivity contribution < 1.29 is 10.9 Å². The van der Waals surface area contributed by atoms with Gasteiger partial charge in [0.2, 0.25) is 0 Å². The minimum Gasteiger partial charge on any atom is -0.457 e. The van der Waals surface area contributed by atoms with Gasteiger partial charge in [-0.2, -0.15) is 0 Å². The number of nitrogens with one attached hydrogen (secondary N) is 2. The first kappa shape index (κ1) is 19.0. The summed E-state index contributed by atoms with van der Waals surface area (Å²) < 4.78 is 13.6. The van der Waals surface area contributed by atoms with E-state index in [9.17, 15) is 4.79 Å². The van der Waals surface area contributed by atoms with Crippen LogP contribution in [-0.4, -0.2) is 15.9 Å². The average Bonchev–Trinajstić information content (AvgIpc) is 2.87. The molecule has 2 heterocycles. The highest BCUT2D eigenvalue weighted by Crippen LogP contribution is 2.26. The van der Waals surface area contributed by atoms with E-state index in [1.165, 1.54) is 0 Å². The molecule has 0 aliphatic heterocycles. The molecule has 33 heavy (non-hydrogen) atoms. The van der Waals surface area contributed by atoms with E-state index in [1.807, 2.05) is 24.3 Å². The Morgan fingerprint density at radius 2 is 1.52 bits per heavy atom. The van der Waals surface area contributed by atoms with Crippen LogP contribution in [0.1, 0.15) is 11.7 Å². The van der Waals surface area contributed by atoms with E-state index in [-0.39, 0.29) is 5.91 Å². The molecule has 2 aromatic heterocycles. The number of hydrogen-bond donors (Lipinski definition) is 2. The number of ether oxygens (including phenoxy) is 1. The number of nitrogens with zero attached hydrogens (tertiary/aromatic N) is 2. The molecule has 0 saturated heterocycles. The summed E-state index contributed by atoms with van der Waals surface area (Å²) in [4.78, 5) is 21.0. The third-order valence-electron chi connectivity index (χ3n) is 5.01. The maximum atomic E-state index is 12.7. The largest absolute Gasteiger partial charge is 0.457 e. The lowest BCUT2D eigenvalue weighted by molar-refractivity contribution is 0.102. The van der Waals surface area contributed by atoms with Crippen LogP contribution in [-0.2, 0) is 0 Å². The summed E-state index contributed by atoms with van der Waals surface area (Å²) in [6.45, 7) is 0. The highest BCUT2D eigenvalue weighted by atomic mass is 16.5. The van der Waals surface area contributed by atoms with Crippen LogP contribution in [0.5, 0.6) is 11.5 Å². The van der Waals surface area contributed by atoms with Crippen molar-refractivity contribution in [2.75, 3.05) is 10.6 Å². The van der Waals surface area contributed by atoms with Gasteiger partial charge in [-0.25, -0.2) is 0 Å². The van der Waals surface area contributed by atoms with Gasteiger partial charge in [0.15, 0.2) is 0 Å². The molecule has 2 N–H and O–H groups in total. The fourth-order valence-electron chi connectivity index (χ4n) is 3.35. The van der Waals surface area contributed by atoms with Gasteiger partial charge < -0.3 is 15.4 Å². The second kappa shape index (κ2) is 9.20. The molecule has 0 aliphatic carbocycles. The first-order valence-electron chi connectivity index (χ1n) is 10.9. The number of carbonyl (C=O) groups is 1. The molecule has 3 aromatic carbocycles. The molecule has 0 saturated carbocycles. The van der Waals surface area contributed by atoms with E-state index in [0.717, 1.165) is 22.3 Å². The minimum absolute atomic E-state index is 0.206. The van der Waals surface area contributed by atoms with E-state index in [2.05, 4.69) is 20.6 Å². The van der Waals surface area contributed by atoms with Crippen LogP contribution in [0.2, 0.25) is 0 Å². The molecular formula is C27H20N4O2. The summed E-state index contributed by atoms with van der Waals surface area (Å²) in [5.74, 6) is 1.16.